The zero-order valence-electron chi connectivity index (χ0n) is 13.4. The van der Waals surface area contributed by atoms with Crippen LogP contribution in [0.5, 0.6) is 0 Å². The first kappa shape index (κ1) is 20.4. The molecule has 0 spiro atoms. The van der Waals surface area contributed by atoms with Crippen LogP contribution in [-0.4, -0.2) is 44.8 Å². The predicted molar refractivity (Wildman–Crippen MR) is 83.6 cm³/mol. The van der Waals surface area contributed by atoms with Gasteiger partial charge in [-0.1, -0.05) is 26.7 Å². The molecule has 8 heteroatoms. The molecule has 7 nitrogen and oxygen atoms in total. The lowest BCUT2D eigenvalue weighted by Crippen LogP contribution is -2.51. The summed E-state index contributed by atoms with van der Waals surface area (Å²) >= 11 is 0. The van der Waals surface area contributed by atoms with Crippen LogP contribution in [0.1, 0.15) is 39.5 Å². The van der Waals surface area contributed by atoms with E-state index in [1.165, 1.54) is 0 Å². The number of rotatable bonds is 10. The summed E-state index contributed by atoms with van der Waals surface area (Å²) in [6.07, 6.45) is 4.03. The first-order valence-electron chi connectivity index (χ1n) is 7.37. The van der Waals surface area contributed by atoms with E-state index < -0.39 is 27.5 Å². The summed E-state index contributed by atoms with van der Waals surface area (Å²) in [7, 11) is -3.45. The van der Waals surface area contributed by atoms with Gasteiger partial charge < -0.3 is 10.6 Å². The number of nitriles is 1. The summed E-state index contributed by atoms with van der Waals surface area (Å²) in [6.45, 7) is 3.69. The van der Waals surface area contributed by atoms with E-state index in [9.17, 15) is 18.0 Å². The van der Waals surface area contributed by atoms with E-state index in [-0.39, 0.29) is 18.4 Å². The van der Waals surface area contributed by atoms with Crippen molar-refractivity contribution < 1.29 is 18.0 Å². The Morgan fingerprint density at radius 1 is 1.14 bits per heavy atom. The van der Waals surface area contributed by atoms with Gasteiger partial charge in [0, 0.05) is 12.2 Å². The van der Waals surface area contributed by atoms with Crippen LogP contribution in [-0.2, 0) is 19.4 Å². The standard InChI is InChI=1S/C14H25N3O4S/c1-4-6-11(7-5-2)13(18)17-12(10-22(3,20)21)14(19)16-9-8-15/h11-12H,4-7,9-10H2,1-3H3,(H,16,19)(H,17,18). The highest BCUT2D eigenvalue weighted by Gasteiger charge is 2.27. The van der Waals surface area contributed by atoms with E-state index in [0.29, 0.717) is 12.8 Å². The molecule has 0 radical (unpaired) electrons. The highest BCUT2D eigenvalue weighted by atomic mass is 32.2. The average Bonchev–Trinajstić information content (AvgIpc) is 2.42. The Balaban J connectivity index is 4.98. The minimum Gasteiger partial charge on any atom is -0.343 e. The van der Waals surface area contributed by atoms with Crippen molar-refractivity contribution in [3.8, 4) is 6.07 Å². The van der Waals surface area contributed by atoms with E-state index in [1.807, 2.05) is 13.8 Å². The number of hydrogen-bond donors (Lipinski definition) is 2. The molecule has 1 unspecified atom stereocenters. The molecule has 0 aliphatic rings. The van der Waals surface area contributed by atoms with Crippen LogP contribution in [0.25, 0.3) is 0 Å². The highest BCUT2D eigenvalue weighted by molar-refractivity contribution is 7.90. The van der Waals surface area contributed by atoms with Crippen LogP contribution >= 0.6 is 0 Å². The van der Waals surface area contributed by atoms with Crippen molar-refractivity contribution in [2.45, 2.75) is 45.6 Å². The Hall–Kier alpha value is -1.62. The second-order valence-corrected chi connectivity index (χ2v) is 7.49. The SMILES string of the molecule is CCCC(CCC)C(=O)NC(CS(C)(=O)=O)C(=O)NCC#N. The van der Waals surface area contributed by atoms with Gasteiger partial charge in [-0.15, -0.1) is 0 Å². The molecule has 0 aliphatic heterocycles. The molecule has 22 heavy (non-hydrogen) atoms. The Labute approximate surface area is 132 Å². The predicted octanol–water partition coefficient (Wildman–Crippen LogP) is 0.372. The summed E-state index contributed by atoms with van der Waals surface area (Å²) in [5.74, 6) is -1.70. The largest absolute Gasteiger partial charge is 0.343 e. The summed E-state index contributed by atoms with van der Waals surface area (Å²) in [4.78, 5) is 24.2. The fourth-order valence-corrected chi connectivity index (χ4v) is 2.97. The minimum absolute atomic E-state index is 0.234. The molecule has 0 bridgehead atoms. The highest BCUT2D eigenvalue weighted by Crippen LogP contribution is 2.14. The third-order valence-electron chi connectivity index (χ3n) is 3.09. The van der Waals surface area contributed by atoms with Crippen LogP contribution in [0, 0.1) is 17.2 Å². The topological polar surface area (TPSA) is 116 Å². The number of carbonyl (C=O) groups excluding carboxylic acids is 2. The quantitative estimate of drug-likeness (QED) is 0.561. The molecular formula is C14H25N3O4S. The summed E-state index contributed by atoms with van der Waals surface area (Å²) in [6, 6.07) is 0.565. The van der Waals surface area contributed by atoms with Crippen LogP contribution in [0.15, 0.2) is 0 Å². The van der Waals surface area contributed by atoms with E-state index in [2.05, 4.69) is 10.6 Å². The summed E-state index contributed by atoms with van der Waals surface area (Å²) in [5.41, 5.74) is 0. The molecule has 126 valence electrons. The van der Waals surface area contributed by atoms with E-state index >= 15 is 0 Å². The monoisotopic (exact) mass is 331 g/mol. The maximum absolute atomic E-state index is 12.2. The molecule has 1 atom stereocenters. The van der Waals surface area contributed by atoms with Crippen LogP contribution in [0.4, 0.5) is 0 Å². The number of sulfone groups is 1. The van der Waals surface area contributed by atoms with Gasteiger partial charge >= 0.3 is 0 Å². The van der Waals surface area contributed by atoms with Gasteiger partial charge in [0.1, 0.15) is 22.4 Å². The Bertz CT molecular complexity index is 505. The Kier molecular flexibility index (Phi) is 9.42. The van der Waals surface area contributed by atoms with Crippen molar-refractivity contribution in [3.05, 3.63) is 0 Å². The number of amides is 2. The fourth-order valence-electron chi connectivity index (χ4n) is 2.13. The van der Waals surface area contributed by atoms with Crippen molar-refractivity contribution in [1.82, 2.24) is 10.6 Å². The lowest BCUT2D eigenvalue weighted by molar-refractivity contribution is -0.130. The molecular weight excluding hydrogens is 306 g/mol. The van der Waals surface area contributed by atoms with Gasteiger partial charge in [-0.2, -0.15) is 5.26 Å². The van der Waals surface area contributed by atoms with Crippen molar-refractivity contribution in [2.24, 2.45) is 5.92 Å². The minimum atomic E-state index is -3.45. The lowest BCUT2D eigenvalue weighted by Gasteiger charge is -2.21. The summed E-state index contributed by atoms with van der Waals surface area (Å²) < 4.78 is 22.9. The number of carbonyl (C=O) groups is 2. The van der Waals surface area contributed by atoms with Crippen molar-refractivity contribution in [3.63, 3.8) is 0 Å². The van der Waals surface area contributed by atoms with Gasteiger partial charge in [-0.3, -0.25) is 9.59 Å². The van der Waals surface area contributed by atoms with Gasteiger partial charge in [0.2, 0.25) is 11.8 Å². The van der Waals surface area contributed by atoms with Gasteiger partial charge in [-0.25, -0.2) is 8.42 Å². The van der Waals surface area contributed by atoms with Crippen molar-refractivity contribution in [1.29, 1.82) is 5.26 Å². The summed E-state index contributed by atoms with van der Waals surface area (Å²) in [5, 5.41) is 13.3. The number of hydrogen-bond acceptors (Lipinski definition) is 5. The lowest BCUT2D eigenvalue weighted by atomic mass is 9.97. The molecule has 0 rings (SSSR count). The van der Waals surface area contributed by atoms with Crippen LogP contribution in [0.2, 0.25) is 0 Å². The molecule has 0 aromatic carbocycles. The zero-order valence-corrected chi connectivity index (χ0v) is 14.2. The molecule has 0 aromatic rings. The second-order valence-electron chi connectivity index (χ2n) is 5.30. The first-order chi connectivity index (χ1) is 10.2. The van der Waals surface area contributed by atoms with Gasteiger partial charge in [0.25, 0.3) is 0 Å². The van der Waals surface area contributed by atoms with Gasteiger partial charge in [0.05, 0.1) is 11.8 Å². The molecule has 0 aliphatic carbocycles. The van der Waals surface area contributed by atoms with E-state index in [1.54, 1.807) is 6.07 Å². The van der Waals surface area contributed by atoms with E-state index in [4.69, 9.17) is 5.26 Å². The zero-order chi connectivity index (χ0) is 17.2. The molecule has 2 N–H and O–H groups in total. The van der Waals surface area contributed by atoms with Crippen molar-refractivity contribution >= 4 is 21.7 Å². The smallest absolute Gasteiger partial charge is 0.244 e. The molecule has 0 heterocycles. The van der Waals surface area contributed by atoms with Gasteiger partial charge in [-0.05, 0) is 12.8 Å². The van der Waals surface area contributed by atoms with Crippen LogP contribution in [0.3, 0.4) is 0 Å². The maximum atomic E-state index is 12.2. The normalized spacial score (nSPS) is 12.5. The molecule has 0 aromatic heterocycles. The third kappa shape index (κ3) is 8.62. The average molecular weight is 331 g/mol. The number of nitrogens with zero attached hydrogens (tertiary/aromatic N) is 1. The Morgan fingerprint density at radius 3 is 2.09 bits per heavy atom. The molecule has 0 fully saturated rings. The van der Waals surface area contributed by atoms with Crippen molar-refractivity contribution in [2.75, 3.05) is 18.6 Å². The second kappa shape index (κ2) is 10.2. The van der Waals surface area contributed by atoms with Crippen LogP contribution < -0.4 is 10.6 Å². The van der Waals surface area contributed by atoms with E-state index in [0.717, 1.165) is 19.1 Å². The third-order valence-corrected chi connectivity index (χ3v) is 4.03. The number of nitrogens with one attached hydrogen (secondary N) is 2. The molecule has 0 saturated heterocycles. The molecule has 2 amide bonds. The first-order valence-corrected chi connectivity index (χ1v) is 9.43. The maximum Gasteiger partial charge on any atom is 0.244 e. The fraction of sp³-hybridized carbons (Fsp3) is 0.786. The Morgan fingerprint density at radius 2 is 1.68 bits per heavy atom. The van der Waals surface area contributed by atoms with Gasteiger partial charge in [0.15, 0.2) is 0 Å². The molecule has 0 saturated carbocycles.